The highest BCUT2D eigenvalue weighted by Gasteiger charge is 2.36. The standard InChI is InChI=1S/C20H19F2N3O3/c1-2-20(24-19(27)28)6-3-7-25(12-20)18-10-23-17(9-14(18)11-26)13-4-5-15(21)16(22)8-13/h1,4-5,8-10,24,26H,3,6-7,11-12H2,(H,27,28). The lowest BCUT2D eigenvalue weighted by Crippen LogP contribution is -2.58. The Morgan fingerprint density at radius 1 is 1.36 bits per heavy atom. The number of nitrogens with one attached hydrogen (secondary N) is 1. The third-order valence-electron chi connectivity index (χ3n) is 4.81. The van der Waals surface area contributed by atoms with E-state index >= 15 is 0 Å². The van der Waals surface area contributed by atoms with Gasteiger partial charge in [0.25, 0.3) is 0 Å². The highest BCUT2D eigenvalue weighted by atomic mass is 19.2. The molecule has 0 saturated carbocycles. The summed E-state index contributed by atoms with van der Waals surface area (Å²) in [6.07, 6.45) is 7.07. The minimum absolute atomic E-state index is 0.231. The van der Waals surface area contributed by atoms with Crippen molar-refractivity contribution in [3.63, 3.8) is 0 Å². The zero-order valence-corrected chi connectivity index (χ0v) is 15.0. The smallest absolute Gasteiger partial charge is 0.405 e. The summed E-state index contributed by atoms with van der Waals surface area (Å²) in [7, 11) is 0. The van der Waals surface area contributed by atoms with Crippen LogP contribution in [0.3, 0.4) is 0 Å². The van der Waals surface area contributed by atoms with E-state index in [1.54, 1.807) is 6.07 Å². The minimum atomic E-state index is -1.20. The third-order valence-corrected chi connectivity index (χ3v) is 4.81. The van der Waals surface area contributed by atoms with Crippen molar-refractivity contribution in [1.29, 1.82) is 0 Å². The molecule has 3 N–H and O–H groups in total. The summed E-state index contributed by atoms with van der Waals surface area (Å²) in [5.74, 6) is 0.607. The molecule has 3 rings (SSSR count). The fourth-order valence-electron chi connectivity index (χ4n) is 3.44. The van der Waals surface area contributed by atoms with Gasteiger partial charge in [-0.15, -0.1) is 6.42 Å². The number of carbonyl (C=O) groups is 1. The van der Waals surface area contributed by atoms with E-state index in [4.69, 9.17) is 11.5 Å². The Balaban J connectivity index is 1.93. The number of aliphatic hydroxyl groups excluding tert-OH is 1. The third kappa shape index (κ3) is 3.89. The number of benzene rings is 1. The van der Waals surface area contributed by atoms with Crippen LogP contribution in [0.1, 0.15) is 18.4 Å². The summed E-state index contributed by atoms with van der Waals surface area (Å²) in [5, 5.41) is 21.3. The van der Waals surface area contributed by atoms with E-state index in [0.717, 1.165) is 12.1 Å². The zero-order chi connectivity index (χ0) is 20.3. The van der Waals surface area contributed by atoms with Gasteiger partial charge in [0.15, 0.2) is 11.6 Å². The first-order valence-corrected chi connectivity index (χ1v) is 8.66. The average molecular weight is 387 g/mol. The molecule has 2 heterocycles. The number of pyridine rings is 1. The van der Waals surface area contributed by atoms with Crippen LogP contribution in [-0.2, 0) is 6.61 Å². The zero-order valence-electron chi connectivity index (χ0n) is 15.0. The number of hydrogen-bond donors (Lipinski definition) is 3. The first-order valence-electron chi connectivity index (χ1n) is 8.66. The van der Waals surface area contributed by atoms with Gasteiger partial charge < -0.3 is 20.4 Å². The predicted octanol–water partition coefficient (Wildman–Crippen LogP) is 2.76. The van der Waals surface area contributed by atoms with Gasteiger partial charge in [-0.3, -0.25) is 4.98 Å². The van der Waals surface area contributed by atoms with Crippen molar-refractivity contribution in [2.24, 2.45) is 0 Å². The highest BCUT2D eigenvalue weighted by molar-refractivity contribution is 5.68. The van der Waals surface area contributed by atoms with Gasteiger partial charge in [0.05, 0.1) is 30.7 Å². The molecular formula is C20H19F2N3O3. The summed E-state index contributed by atoms with van der Waals surface area (Å²) >= 11 is 0. The molecular weight excluding hydrogens is 368 g/mol. The van der Waals surface area contributed by atoms with Crippen LogP contribution in [0.15, 0.2) is 30.5 Å². The van der Waals surface area contributed by atoms with Crippen molar-refractivity contribution < 1.29 is 23.8 Å². The summed E-state index contributed by atoms with van der Waals surface area (Å²) in [5.41, 5.74) is 0.869. The topological polar surface area (TPSA) is 85.7 Å². The van der Waals surface area contributed by atoms with E-state index in [1.807, 2.05) is 4.90 Å². The Morgan fingerprint density at radius 2 is 2.14 bits per heavy atom. The maximum atomic E-state index is 13.5. The lowest BCUT2D eigenvalue weighted by atomic mass is 9.89. The lowest BCUT2D eigenvalue weighted by molar-refractivity contribution is 0.181. The molecule has 1 unspecified atom stereocenters. The van der Waals surface area contributed by atoms with Gasteiger partial charge in [-0.2, -0.15) is 0 Å². The van der Waals surface area contributed by atoms with Crippen LogP contribution >= 0.6 is 0 Å². The molecule has 28 heavy (non-hydrogen) atoms. The Bertz CT molecular complexity index is 945. The summed E-state index contributed by atoms with van der Waals surface area (Å²) in [6, 6.07) is 5.06. The fraction of sp³-hybridized carbons (Fsp3) is 0.300. The molecule has 0 spiro atoms. The molecule has 6 nitrogen and oxygen atoms in total. The van der Waals surface area contributed by atoms with E-state index in [1.165, 1.54) is 12.3 Å². The average Bonchev–Trinajstić information content (AvgIpc) is 2.69. The quantitative estimate of drug-likeness (QED) is 0.703. The predicted molar refractivity (Wildman–Crippen MR) is 99.7 cm³/mol. The van der Waals surface area contributed by atoms with Crippen LogP contribution in [-0.4, -0.2) is 39.9 Å². The van der Waals surface area contributed by atoms with Crippen molar-refractivity contribution in [2.75, 3.05) is 18.0 Å². The number of aliphatic hydroxyl groups is 1. The van der Waals surface area contributed by atoms with Crippen LogP contribution < -0.4 is 10.2 Å². The van der Waals surface area contributed by atoms with Crippen molar-refractivity contribution in [3.8, 4) is 23.6 Å². The van der Waals surface area contributed by atoms with Crippen molar-refractivity contribution in [3.05, 3.63) is 47.7 Å². The maximum Gasteiger partial charge on any atom is 0.405 e. The molecule has 1 fully saturated rings. The molecule has 8 heteroatoms. The maximum absolute atomic E-state index is 13.5. The normalized spacial score (nSPS) is 19.1. The number of carboxylic acid groups (broad SMARTS) is 1. The molecule has 0 bridgehead atoms. The number of aromatic nitrogens is 1. The Hall–Kier alpha value is -3.18. The second kappa shape index (κ2) is 7.82. The summed E-state index contributed by atoms with van der Waals surface area (Å²) in [6.45, 7) is 0.541. The number of anilines is 1. The number of amides is 1. The van der Waals surface area contributed by atoms with Crippen LogP contribution in [0.4, 0.5) is 19.3 Å². The van der Waals surface area contributed by atoms with Gasteiger partial charge in [-0.1, -0.05) is 5.92 Å². The van der Waals surface area contributed by atoms with E-state index in [0.29, 0.717) is 41.9 Å². The van der Waals surface area contributed by atoms with Crippen LogP contribution in [0.25, 0.3) is 11.3 Å². The van der Waals surface area contributed by atoms with Gasteiger partial charge >= 0.3 is 6.09 Å². The highest BCUT2D eigenvalue weighted by Crippen LogP contribution is 2.31. The van der Waals surface area contributed by atoms with Gasteiger partial charge in [0.2, 0.25) is 0 Å². The van der Waals surface area contributed by atoms with Gasteiger partial charge in [-0.25, -0.2) is 13.6 Å². The molecule has 1 aromatic heterocycles. The number of hydrogen-bond acceptors (Lipinski definition) is 4. The number of nitrogens with zero attached hydrogens (tertiary/aromatic N) is 2. The van der Waals surface area contributed by atoms with Crippen LogP contribution in [0.5, 0.6) is 0 Å². The Morgan fingerprint density at radius 3 is 2.79 bits per heavy atom. The Labute approximate surface area is 160 Å². The van der Waals surface area contributed by atoms with Gasteiger partial charge in [0, 0.05) is 17.7 Å². The van der Waals surface area contributed by atoms with E-state index in [-0.39, 0.29) is 13.2 Å². The molecule has 0 radical (unpaired) electrons. The molecule has 1 aliphatic heterocycles. The minimum Gasteiger partial charge on any atom is -0.465 e. The summed E-state index contributed by atoms with van der Waals surface area (Å²) in [4.78, 5) is 17.3. The number of rotatable bonds is 4. The Kier molecular flexibility index (Phi) is 5.47. The largest absolute Gasteiger partial charge is 0.465 e. The second-order valence-corrected chi connectivity index (χ2v) is 6.67. The lowest BCUT2D eigenvalue weighted by Gasteiger charge is -2.41. The van der Waals surface area contributed by atoms with Gasteiger partial charge in [-0.05, 0) is 37.1 Å². The first-order chi connectivity index (χ1) is 13.4. The monoisotopic (exact) mass is 387 g/mol. The second-order valence-electron chi connectivity index (χ2n) is 6.67. The number of halogens is 2. The molecule has 1 aliphatic rings. The molecule has 1 aromatic carbocycles. The van der Waals surface area contributed by atoms with Gasteiger partial charge in [0.1, 0.15) is 5.54 Å². The molecule has 146 valence electrons. The number of piperidine rings is 1. The van der Waals surface area contributed by atoms with Crippen LogP contribution in [0.2, 0.25) is 0 Å². The molecule has 1 atom stereocenters. The van der Waals surface area contributed by atoms with E-state index in [9.17, 15) is 18.7 Å². The van der Waals surface area contributed by atoms with E-state index < -0.39 is 23.3 Å². The molecule has 1 amide bonds. The SMILES string of the molecule is C#CC1(NC(=O)O)CCCN(c2cnc(-c3ccc(F)c(F)c3)cc2CO)C1. The van der Waals surface area contributed by atoms with E-state index in [2.05, 4.69) is 16.2 Å². The number of terminal acetylenes is 1. The summed E-state index contributed by atoms with van der Waals surface area (Å²) < 4.78 is 26.7. The fourth-order valence-corrected chi connectivity index (χ4v) is 3.44. The first kappa shape index (κ1) is 19.6. The molecule has 2 aromatic rings. The molecule has 1 saturated heterocycles. The van der Waals surface area contributed by atoms with Crippen molar-refractivity contribution in [2.45, 2.75) is 25.0 Å². The molecule has 0 aliphatic carbocycles. The van der Waals surface area contributed by atoms with Crippen LogP contribution in [0, 0.1) is 24.0 Å². The van der Waals surface area contributed by atoms with Crippen molar-refractivity contribution in [1.82, 2.24) is 10.3 Å². The van der Waals surface area contributed by atoms with Crippen molar-refractivity contribution >= 4 is 11.8 Å².